The van der Waals surface area contributed by atoms with Gasteiger partial charge in [-0.2, -0.15) is 0 Å². The molecule has 1 aliphatic rings. The molecule has 0 radical (unpaired) electrons. The van der Waals surface area contributed by atoms with Crippen LogP contribution < -0.4 is 0 Å². The summed E-state index contributed by atoms with van der Waals surface area (Å²) < 4.78 is 15.3. The fourth-order valence-corrected chi connectivity index (χ4v) is 3.02. The smallest absolute Gasteiger partial charge is 0.330 e. The second-order valence-electron chi connectivity index (χ2n) is 6.28. The minimum absolute atomic E-state index is 0.288. The van der Waals surface area contributed by atoms with E-state index in [9.17, 15) is 20.1 Å². The maximum absolute atomic E-state index is 12.0. The van der Waals surface area contributed by atoms with Gasteiger partial charge in [-0.3, -0.25) is 0 Å². The topological polar surface area (TPSA) is 105 Å². The molecular formula is C20H22O7. The quantitative estimate of drug-likeness (QED) is 0.526. The molecule has 3 N–H and O–H groups in total. The molecule has 0 bridgehead atoms. The zero-order chi connectivity index (χ0) is 19.4. The number of hydrogen-bond donors (Lipinski definition) is 3. The van der Waals surface area contributed by atoms with Gasteiger partial charge in [-0.25, -0.2) is 4.79 Å². The molecule has 2 aromatic carbocycles. The van der Waals surface area contributed by atoms with Crippen LogP contribution in [0.4, 0.5) is 0 Å². The first kappa shape index (κ1) is 19.5. The van der Waals surface area contributed by atoms with Crippen LogP contribution in [0.1, 0.15) is 5.56 Å². The lowest BCUT2D eigenvalue weighted by Crippen LogP contribution is -2.59. The van der Waals surface area contributed by atoms with E-state index in [1.807, 2.05) is 42.5 Å². The van der Waals surface area contributed by atoms with E-state index in [-0.39, 0.29) is 6.61 Å². The summed E-state index contributed by atoms with van der Waals surface area (Å²) in [7, 11) is 1.30. The third kappa shape index (κ3) is 4.35. The SMILES string of the molecule is COC1O[C@H](COC(=O)/C=C/c2cccc3ccccc23)[C@@H](O)[C@H](O)[C@H]1O. The molecular weight excluding hydrogens is 352 g/mol. The summed E-state index contributed by atoms with van der Waals surface area (Å²) >= 11 is 0. The minimum atomic E-state index is -1.46. The first-order valence-corrected chi connectivity index (χ1v) is 8.56. The van der Waals surface area contributed by atoms with Gasteiger partial charge in [-0.1, -0.05) is 42.5 Å². The van der Waals surface area contributed by atoms with E-state index in [0.717, 1.165) is 16.3 Å². The Kier molecular flexibility index (Phi) is 6.20. The molecule has 0 saturated carbocycles. The average molecular weight is 374 g/mol. The van der Waals surface area contributed by atoms with E-state index in [1.54, 1.807) is 6.08 Å². The number of aliphatic hydroxyl groups excluding tert-OH is 3. The number of benzene rings is 2. The molecule has 0 spiro atoms. The number of carbonyl (C=O) groups excluding carboxylic acids is 1. The molecule has 1 fully saturated rings. The number of carbonyl (C=O) groups is 1. The second kappa shape index (κ2) is 8.60. The maximum Gasteiger partial charge on any atom is 0.330 e. The molecule has 7 nitrogen and oxygen atoms in total. The molecule has 1 aliphatic heterocycles. The van der Waals surface area contributed by atoms with Gasteiger partial charge < -0.3 is 29.5 Å². The van der Waals surface area contributed by atoms with Crippen molar-refractivity contribution in [2.75, 3.05) is 13.7 Å². The van der Waals surface area contributed by atoms with Gasteiger partial charge in [0.2, 0.25) is 0 Å². The van der Waals surface area contributed by atoms with E-state index in [4.69, 9.17) is 14.2 Å². The fraction of sp³-hybridized carbons (Fsp3) is 0.350. The van der Waals surface area contributed by atoms with Crippen molar-refractivity contribution >= 4 is 22.8 Å². The van der Waals surface area contributed by atoms with Crippen molar-refractivity contribution in [3.8, 4) is 0 Å². The summed E-state index contributed by atoms with van der Waals surface area (Å²) in [6.45, 7) is -0.288. The highest BCUT2D eigenvalue weighted by atomic mass is 16.7. The third-order valence-electron chi connectivity index (χ3n) is 4.51. The second-order valence-corrected chi connectivity index (χ2v) is 6.28. The lowest BCUT2D eigenvalue weighted by Gasteiger charge is -2.39. The number of methoxy groups -OCH3 is 1. The predicted octanol–water partition coefficient (Wildman–Crippen LogP) is 0.850. The van der Waals surface area contributed by atoms with E-state index in [1.165, 1.54) is 13.2 Å². The van der Waals surface area contributed by atoms with Crippen LogP contribution in [0.3, 0.4) is 0 Å². The van der Waals surface area contributed by atoms with Gasteiger partial charge in [-0.05, 0) is 22.4 Å². The van der Waals surface area contributed by atoms with Crippen LogP contribution >= 0.6 is 0 Å². The third-order valence-corrected chi connectivity index (χ3v) is 4.51. The molecule has 5 atom stereocenters. The largest absolute Gasteiger partial charge is 0.460 e. The molecule has 1 saturated heterocycles. The first-order valence-electron chi connectivity index (χ1n) is 8.56. The number of ether oxygens (including phenoxy) is 3. The molecule has 144 valence electrons. The lowest BCUT2D eigenvalue weighted by atomic mass is 9.99. The standard InChI is InChI=1S/C20H22O7/c1-25-20-19(24)18(23)17(22)15(27-20)11-26-16(21)10-9-13-7-4-6-12-5-2-3-8-14(12)13/h2-10,15,17-20,22-24H,11H2,1H3/b10-9+/t15-,17-,18+,19-,20?/m1/s1. The lowest BCUT2D eigenvalue weighted by molar-refractivity contribution is -0.294. The van der Waals surface area contributed by atoms with Crippen LogP contribution in [0.25, 0.3) is 16.8 Å². The summed E-state index contributed by atoms with van der Waals surface area (Å²) in [6.07, 6.45) is -3.43. The van der Waals surface area contributed by atoms with Crippen LogP contribution in [0, 0.1) is 0 Å². The Morgan fingerprint density at radius 1 is 1.07 bits per heavy atom. The summed E-state index contributed by atoms with van der Waals surface area (Å²) in [5.74, 6) is -0.617. The van der Waals surface area contributed by atoms with Gasteiger partial charge in [0.1, 0.15) is 31.0 Å². The van der Waals surface area contributed by atoms with Crippen LogP contribution in [0.15, 0.2) is 48.5 Å². The Morgan fingerprint density at radius 2 is 1.81 bits per heavy atom. The molecule has 1 unspecified atom stereocenters. The Hall–Kier alpha value is -2.29. The molecule has 27 heavy (non-hydrogen) atoms. The van der Waals surface area contributed by atoms with Crippen LogP contribution in [-0.2, 0) is 19.0 Å². The summed E-state index contributed by atoms with van der Waals surface area (Å²) in [5.41, 5.74) is 0.872. The van der Waals surface area contributed by atoms with Crippen LogP contribution in [0.5, 0.6) is 0 Å². The highest BCUT2D eigenvalue weighted by molar-refractivity contribution is 5.94. The van der Waals surface area contributed by atoms with Gasteiger partial charge in [0.15, 0.2) is 6.29 Å². The van der Waals surface area contributed by atoms with E-state index in [0.29, 0.717) is 0 Å². The highest BCUT2D eigenvalue weighted by Crippen LogP contribution is 2.22. The van der Waals surface area contributed by atoms with Crippen molar-refractivity contribution in [1.29, 1.82) is 0 Å². The summed E-state index contributed by atoms with van der Waals surface area (Å²) in [6, 6.07) is 13.6. The molecule has 0 aliphatic carbocycles. The normalized spacial score (nSPS) is 28.5. The monoisotopic (exact) mass is 374 g/mol. The molecule has 2 aromatic rings. The van der Waals surface area contributed by atoms with Gasteiger partial charge >= 0.3 is 5.97 Å². The Balaban J connectivity index is 1.61. The van der Waals surface area contributed by atoms with Gasteiger partial charge in [0.25, 0.3) is 0 Å². The number of aliphatic hydroxyl groups is 3. The van der Waals surface area contributed by atoms with Crippen molar-refractivity contribution in [2.24, 2.45) is 0 Å². The van der Waals surface area contributed by atoms with E-state index < -0.39 is 36.7 Å². The minimum Gasteiger partial charge on any atom is -0.460 e. The number of rotatable bonds is 5. The Morgan fingerprint density at radius 3 is 2.59 bits per heavy atom. The van der Waals surface area contributed by atoms with Gasteiger partial charge in [-0.15, -0.1) is 0 Å². The van der Waals surface area contributed by atoms with Crippen molar-refractivity contribution < 1.29 is 34.3 Å². The first-order chi connectivity index (χ1) is 13.0. The predicted molar refractivity (Wildman–Crippen MR) is 97.6 cm³/mol. The number of hydrogen-bond acceptors (Lipinski definition) is 7. The van der Waals surface area contributed by atoms with Crippen molar-refractivity contribution in [2.45, 2.75) is 30.7 Å². The van der Waals surface area contributed by atoms with Crippen LogP contribution in [-0.4, -0.2) is 65.7 Å². The Labute approximate surface area is 156 Å². The zero-order valence-electron chi connectivity index (χ0n) is 14.8. The Bertz CT molecular complexity index is 812. The molecule has 0 amide bonds. The molecule has 7 heteroatoms. The summed E-state index contributed by atoms with van der Waals surface area (Å²) in [4.78, 5) is 12.0. The average Bonchev–Trinajstić information content (AvgIpc) is 2.70. The number of fused-ring (bicyclic) bond motifs is 1. The maximum atomic E-state index is 12.0. The van der Waals surface area contributed by atoms with Crippen LogP contribution in [0.2, 0.25) is 0 Å². The zero-order valence-corrected chi connectivity index (χ0v) is 14.8. The summed E-state index contributed by atoms with van der Waals surface area (Å²) in [5, 5.41) is 31.6. The molecule has 0 aromatic heterocycles. The molecule has 1 heterocycles. The number of esters is 1. The van der Waals surface area contributed by atoms with Gasteiger partial charge in [0.05, 0.1) is 0 Å². The van der Waals surface area contributed by atoms with Gasteiger partial charge in [0, 0.05) is 13.2 Å². The van der Waals surface area contributed by atoms with Crippen molar-refractivity contribution in [3.63, 3.8) is 0 Å². The van der Waals surface area contributed by atoms with Crippen molar-refractivity contribution in [1.82, 2.24) is 0 Å². The fourth-order valence-electron chi connectivity index (χ4n) is 3.02. The highest BCUT2D eigenvalue weighted by Gasteiger charge is 2.44. The van der Waals surface area contributed by atoms with Crippen molar-refractivity contribution in [3.05, 3.63) is 54.1 Å². The molecule has 3 rings (SSSR count). The van der Waals surface area contributed by atoms with E-state index >= 15 is 0 Å². The van der Waals surface area contributed by atoms with E-state index in [2.05, 4.69) is 0 Å².